The van der Waals surface area contributed by atoms with Crippen LogP contribution in [0.4, 0.5) is 0 Å². The van der Waals surface area contributed by atoms with Crippen LogP contribution in [0.25, 0.3) is 0 Å². The number of halogens is 1. The molecule has 1 atom stereocenters. The molecule has 1 unspecified atom stereocenters. The first-order valence-electron chi connectivity index (χ1n) is 6.45. The lowest BCUT2D eigenvalue weighted by Gasteiger charge is -2.15. The Labute approximate surface area is 128 Å². The molecule has 0 aliphatic carbocycles. The van der Waals surface area contributed by atoms with E-state index in [0.717, 1.165) is 12.5 Å². The Morgan fingerprint density at radius 2 is 2.10 bits per heavy atom. The highest BCUT2D eigenvalue weighted by atomic mass is 35.5. The van der Waals surface area contributed by atoms with Crippen molar-refractivity contribution < 1.29 is 23.4 Å². The molecule has 8 heteroatoms. The van der Waals surface area contributed by atoms with E-state index in [1.807, 2.05) is 6.92 Å². The molecule has 118 valence electrons. The molecule has 0 saturated heterocycles. The maximum Gasteiger partial charge on any atom is 0.337 e. The van der Waals surface area contributed by atoms with E-state index in [9.17, 15) is 13.2 Å². The van der Waals surface area contributed by atoms with Crippen molar-refractivity contribution in [2.24, 2.45) is 5.92 Å². The van der Waals surface area contributed by atoms with Gasteiger partial charge in [-0.15, -0.1) is 0 Å². The summed E-state index contributed by atoms with van der Waals surface area (Å²) in [5, 5.41) is 17.8. The average molecular weight is 336 g/mol. The van der Waals surface area contributed by atoms with E-state index < -0.39 is 16.0 Å². The second-order valence-corrected chi connectivity index (χ2v) is 6.76. The van der Waals surface area contributed by atoms with Crippen molar-refractivity contribution in [3.8, 4) is 0 Å². The van der Waals surface area contributed by atoms with Crippen LogP contribution in [0.5, 0.6) is 0 Å². The number of hydrogen-bond acceptors (Lipinski definition) is 4. The zero-order chi connectivity index (χ0) is 16.0. The van der Waals surface area contributed by atoms with E-state index >= 15 is 0 Å². The highest BCUT2D eigenvalue weighted by Crippen LogP contribution is 2.20. The molecule has 0 bridgehead atoms. The second-order valence-electron chi connectivity index (χ2n) is 4.59. The second kappa shape index (κ2) is 7.74. The lowest BCUT2D eigenvalue weighted by Crippen LogP contribution is -2.29. The van der Waals surface area contributed by atoms with Crippen LogP contribution in [-0.2, 0) is 10.0 Å². The molecule has 21 heavy (non-hydrogen) atoms. The van der Waals surface area contributed by atoms with Crippen LogP contribution < -0.4 is 4.72 Å². The Balaban J connectivity index is 2.93. The predicted molar refractivity (Wildman–Crippen MR) is 79.1 cm³/mol. The molecule has 1 rings (SSSR count). The van der Waals surface area contributed by atoms with Gasteiger partial charge in [-0.05, 0) is 30.5 Å². The van der Waals surface area contributed by atoms with Crippen molar-refractivity contribution in [1.82, 2.24) is 4.72 Å². The Morgan fingerprint density at radius 1 is 1.43 bits per heavy atom. The van der Waals surface area contributed by atoms with Crippen molar-refractivity contribution in [2.45, 2.75) is 24.7 Å². The number of carbonyl (C=O) groups is 1. The van der Waals surface area contributed by atoms with Crippen LogP contribution in [0.3, 0.4) is 0 Å². The van der Waals surface area contributed by atoms with Crippen LogP contribution in [0, 0.1) is 5.92 Å². The number of rotatable bonds is 8. The first kappa shape index (κ1) is 17.9. The molecule has 6 nitrogen and oxygen atoms in total. The number of aliphatic hydroxyl groups excluding tert-OH is 1. The number of carboxylic acid groups (broad SMARTS) is 1. The molecule has 0 amide bonds. The number of sulfonamides is 1. The monoisotopic (exact) mass is 335 g/mol. The van der Waals surface area contributed by atoms with E-state index in [4.69, 9.17) is 21.8 Å². The van der Waals surface area contributed by atoms with Gasteiger partial charge in [0.2, 0.25) is 10.0 Å². The molecule has 3 N–H and O–H groups in total. The molecule has 0 aliphatic heterocycles. The molecular weight excluding hydrogens is 318 g/mol. The summed E-state index contributed by atoms with van der Waals surface area (Å²) in [6.45, 7) is 2.08. The third kappa shape index (κ3) is 4.96. The molecule has 0 heterocycles. The highest BCUT2D eigenvalue weighted by molar-refractivity contribution is 7.89. The Morgan fingerprint density at radius 3 is 2.62 bits per heavy atom. The van der Waals surface area contributed by atoms with E-state index in [1.165, 1.54) is 12.1 Å². The summed E-state index contributed by atoms with van der Waals surface area (Å²) in [4.78, 5) is 10.8. The molecule has 1 aromatic rings. The van der Waals surface area contributed by atoms with E-state index in [1.54, 1.807) is 0 Å². The van der Waals surface area contributed by atoms with Gasteiger partial charge in [-0.1, -0.05) is 24.9 Å². The van der Waals surface area contributed by atoms with Crippen LogP contribution in [0.1, 0.15) is 30.1 Å². The number of carboxylic acids is 1. The highest BCUT2D eigenvalue weighted by Gasteiger charge is 2.19. The SMILES string of the molecule is CCC(CCO)CNS(=O)(=O)c1ccc(Cl)c(C(=O)O)c1. The van der Waals surface area contributed by atoms with Gasteiger partial charge >= 0.3 is 5.97 Å². The summed E-state index contributed by atoms with van der Waals surface area (Å²) in [6, 6.07) is 3.52. The lowest BCUT2D eigenvalue weighted by molar-refractivity contribution is 0.0697. The predicted octanol–water partition coefficient (Wildman–Crippen LogP) is 1.73. The maximum absolute atomic E-state index is 12.1. The van der Waals surface area contributed by atoms with Gasteiger partial charge in [0.25, 0.3) is 0 Å². The van der Waals surface area contributed by atoms with Crippen molar-refractivity contribution in [1.29, 1.82) is 0 Å². The van der Waals surface area contributed by atoms with Gasteiger partial charge in [0, 0.05) is 13.2 Å². The Hall–Kier alpha value is -1.15. The van der Waals surface area contributed by atoms with Crippen molar-refractivity contribution in [3.05, 3.63) is 28.8 Å². The Bertz CT molecular complexity index is 603. The molecule has 0 radical (unpaired) electrons. The molecule has 0 saturated carbocycles. The zero-order valence-corrected chi connectivity index (χ0v) is 13.1. The van der Waals surface area contributed by atoms with Gasteiger partial charge in [0.15, 0.2) is 0 Å². The third-order valence-electron chi connectivity index (χ3n) is 3.16. The summed E-state index contributed by atoms with van der Waals surface area (Å²) in [5.74, 6) is -1.26. The van der Waals surface area contributed by atoms with E-state index in [0.29, 0.717) is 6.42 Å². The number of aromatic carboxylic acids is 1. The number of aliphatic hydroxyl groups is 1. The van der Waals surface area contributed by atoms with Crippen LogP contribution in [0.2, 0.25) is 5.02 Å². The van der Waals surface area contributed by atoms with Gasteiger partial charge in [-0.2, -0.15) is 0 Å². The van der Waals surface area contributed by atoms with E-state index in [-0.39, 0.29) is 34.6 Å². The molecule has 0 fully saturated rings. The van der Waals surface area contributed by atoms with Crippen molar-refractivity contribution >= 4 is 27.6 Å². The number of hydrogen-bond donors (Lipinski definition) is 3. The zero-order valence-electron chi connectivity index (χ0n) is 11.5. The molecular formula is C13H18ClNO5S. The fraction of sp³-hybridized carbons (Fsp3) is 0.462. The fourth-order valence-electron chi connectivity index (χ4n) is 1.78. The van der Waals surface area contributed by atoms with Gasteiger partial charge in [0.05, 0.1) is 15.5 Å². The number of nitrogens with one attached hydrogen (secondary N) is 1. The summed E-state index contributed by atoms with van der Waals surface area (Å²) in [7, 11) is -3.81. The smallest absolute Gasteiger partial charge is 0.337 e. The quantitative estimate of drug-likeness (QED) is 0.671. The van der Waals surface area contributed by atoms with E-state index in [2.05, 4.69) is 4.72 Å². The van der Waals surface area contributed by atoms with Gasteiger partial charge in [0.1, 0.15) is 0 Å². The topological polar surface area (TPSA) is 104 Å². The fourth-order valence-corrected chi connectivity index (χ4v) is 3.12. The first-order chi connectivity index (χ1) is 9.81. The van der Waals surface area contributed by atoms with Crippen molar-refractivity contribution in [2.75, 3.05) is 13.2 Å². The van der Waals surface area contributed by atoms with Gasteiger partial charge in [-0.25, -0.2) is 17.9 Å². The number of benzene rings is 1. The standard InChI is InChI=1S/C13H18ClNO5S/c1-2-9(5-6-16)8-15-21(19,20)10-3-4-12(14)11(7-10)13(17)18/h3-4,7,9,15-16H,2,5-6,8H2,1H3,(H,17,18). The minimum atomic E-state index is -3.81. The van der Waals surface area contributed by atoms with Gasteiger partial charge < -0.3 is 10.2 Å². The van der Waals surface area contributed by atoms with Crippen LogP contribution in [-0.4, -0.2) is 37.8 Å². The molecule has 0 aliphatic rings. The summed E-state index contributed by atoms with van der Waals surface area (Å²) in [6.07, 6.45) is 1.23. The minimum absolute atomic E-state index is 0.00958. The Kier molecular flexibility index (Phi) is 6.60. The van der Waals surface area contributed by atoms with Crippen molar-refractivity contribution in [3.63, 3.8) is 0 Å². The third-order valence-corrected chi connectivity index (χ3v) is 4.91. The lowest BCUT2D eigenvalue weighted by atomic mass is 10.0. The first-order valence-corrected chi connectivity index (χ1v) is 8.31. The summed E-state index contributed by atoms with van der Waals surface area (Å²) in [5.41, 5.74) is -0.262. The van der Waals surface area contributed by atoms with Crippen LogP contribution in [0.15, 0.2) is 23.1 Å². The average Bonchev–Trinajstić information content (AvgIpc) is 2.43. The molecule has 0 spiro atoms. The molecule has 1 aromatic carbocycles. The largest absolute Gasteiger partial charge is 0.478 e. The maximum atomic E-state index is 12.1. The van der Waals surface area contributed by atoms with Crippen LogP contribution >= 0.6 is 11.6 Å². The summed E-state index contributed by atoms with van der Waals surface area (Å²) >= 11 is 5.71. The van der Waals surface area contributed by atoms with Gasteiger partial charge in [-0.3, -0.25) is 0 Å². The molecule has 0 aromatic heterocycles. The summed E-state index contributed by atoms with van der Waals surface area (Å²) < 4.78 is 26.7. The normalized spacial score (nSPS) is 13.1. The minimum Gasteiger partial charge on any atom is -0.478 e.